The Morgan fingerprint density at radius 2 is 1.68 bits per heavy atom. The van der Waals surface area contributed by atoms with Crippen LogP contribution in [-0.2, 0) is 11.2 Å². The topological polar surface area (TPSA) is 43.8 Å². The monoisotopic (exact) mass is 518 g/mol. The van der Waals surface area contributed by atoms with E-state index in [0.29, 0.717) is 12.5 Å². The van der Waals surface area contributed by atoms with Crippen molar-refractivity contribution >= 4 is 5.97 Å². The molecule has 6 rings (SSSR count). The Kier molecular flexibility index (Phi) is 7.59. The van der Waals surface area contributed by atoms with E-state index in [4.69, 9.17) is 0 Å². The number of rotatable bonds is 10. The Morgan fingerprint density at radius 1 is 0.921 bits per heavy atom. The Bertz CT molecular complexity index is 1090. The average molecular weight is 519 g/mol. The van der Waals surface area contributed by atoms with E-state index < -0.39 is 11.4 Å². The molecule has 0 amide bonds. The number of carbonyl (C=O) groups is 1. The number of benzene rings is 2. The lowest BCUT2D eigenvalue weighted by Gasteiger charge is -2.36. The zero-order valence-corrected chi connectivity index (χ0v) is 22.6. The van der Waals surface area contributed by atoms with Crippen LogP contribution in [0.25, 0.3) is 0 Å². The maximum Gasteiger partial charge on any atom is 0.310 e. The summed E-state index contributed by atoms with van der Waals surface area (Å²) in [7, 11) is 0. The number of carboxylic acids is 1. The van der Waals surface area contributed by atoms with Crippen molar-refractivity contribution in [1.82, 2.24) is 9.80 Å². The highest BCUT2D eigenvalue weighted by molar-refractivity contribution is 5.75. The molecule has 2 aliphatic carbocycles. The third-order valence-corrected chi connectivity index (χ3v) is 10.4. The predicted molar refractivity (Wildman–Crippen MR) is 149 cm³/mol. The molecule has 38 heavy (non-hydrogen) atoms. The van der Waals surface area contributed by atoms with Gasteiger partial charge in [-0.05, 0) is 79.0 Å². The molecule has 204 valence electrons. The Labute approximate surface area is 227 Å². The van der Waals surface area contributed by atoms with Gasteiger partial charge >= 0.3 is 5.97 Å². The molecule has 0 unspecified atom stereocenters. The minimum atomic E-state index is -0.624. The van der Waals surface area contributed by atoms with Gasteiger partial charge in [-0.3, -0.25) is 4.79 Å². The van der Waals surface area contributed by atoms with Crippen LogP contribution in [0.15, 0.2) is 54.6 Å². The fourth-order valence-corrected chi connectivity index (χ4v) is 8.32. The summed E-state index contributed by atoms with van der Waals surface area (Å²) in [5.41, 5.74) is 1.92. The summed E-state index contributed by atoms with van der Waals surface area (Å²) in [6.45, 7) is 5.84. The number of likely N-dealkylation sites (tertiary alicyclic amines) is 2. The molecule has 5 heteroatoms. The van der Waals surface area contributed by atoms with E-state index >= 15 is 0 Å². The van der Waals surface area contributed by atoms with Gasteiger partial charge in [-0.1, -0.05) is 61.7 Å². The highest BCUT2D eigenvalue weighted by Crippen LogP contribution is 2.54. The zero-order valence-electron chi connectivity index (χ0n) is 22.6. The van der Waals surface area contributed by atoms with Gasteiger partial charge in [-0.2, -0.15) is 0 Å². The van der Waals surface area contributed by atoms with E-state index in [1.807, 2.05) is 6.07 Å². The SMILES string of the molecule is O=C(O)C1(CN2C[C@H](CN3C[C@@H]4[C@@H](CCCc5ccccc5)[C@@H]4C3)[C@@H](c3cccc(F)c3)C2)CCCCC1. The Morgan fingerprint density at radius 3 is 2.39 bits per heavy atom. The van der Waals surface area contributed by atoms with Gasteiger partial charge in [-0.15, -0.1) is 0 Å². The highest BCUT2D eigenvalue weighted by atomic mass is 19.1. The molecular formula is C33H43FN2O2. The molecule has 2 aliphatic heterocycles. The van der Waals surface area contributed by atoms with Crippen LogP contribution in [0, 0.1) is 34.9 Å². The summed E-state index contributed by atoms with van der Waals surface area (Å²) in [6.07, 6.45) is 8.56. The first-order chi connectivity index (χ1) is 18.5. The molecular weight excluding hydrogens is 475 g/mol. The smallest absolute Gasteiger partial charge is 0.310 e. The van der Waals surface area contributed by atoms with Gasteiger partial charge < -0.3 is 14.9 Å². The molecule has 2 saturated carbocycles. The lowest BCUT2D eigenvalue weighted by Crippen LogP contribution is -2.44. The molecule has 5 atom stereocenters. The van der Waals surface area contributed by atoms with Gasteiger partial charge in [0.2, 0.25) is 0 Å². The fourth-order valence-electron chi connectivity index (χ4n) is 8.32. The summed E-state index contributed by atoms with van der Waals surface area (Å²) in [5, 5.41) is 10.2. The van der Waals surface area contributed by atoms with E-state index in [1.165, 1.54) is 44.0 Å². The first-order valence-corrected chi connectivity index (χ1v) is 15.0. The highest BCUT2D eigenvalue weighted by Gasteiger charge is 2.55. The van der Waals surface area contributed by atoms with Crippen LogP contribution in [0.4, 0.5) is 4.39 Å². The van der Waals surface area contributed by atoms with Crippen molar-refractivity contribution in [2.24, 2.45) is 29.1 Å². The van der Waals surface area contributed by atoms with E-state index in [0.717, 1.165) is 75.1 Å². The molecule has 1 N–H and O–H groups in total. The normalized spacial score (nSPS) is 30.8. The van der Waals surface area contributed by atoms with Gasteiger partial charge in [0, 0.05) is 45.2 Å². The fraction of sp³-hybridized carbons (Fsp3) is 0.606. The minimum absolute atomic E-state index is 0.172. The molecule has 4 aliphatic rings. The van der Waals surface area contributed by atoms with Gasteiger partial charge in [0.1, 0.15) is 5.82 Å². The van der Waals surface area contributed by atoms with E-state index in [1.54, 1.807) is 6.07 Å². The molecule has 0 radical (unpaired) electrons. The number of aliphatic carboxylic acids is 1. The van der Waals surface area contributed by atoms with Crippen molar-refractivity contribution < 1.29 is 14.3 Å². The average Bonchev–Trinajstić information content (AvgIpc) is 3.22. The molecule has 4 nitrogen and oxygen atoms in total. The second-order valence-electron chi connectivity index (χ2n) is 12.8. The lowest BCUT2D eigenvalue weighted by atomic mass is 9.73. The van der Waals surface area contributed by atoms with Crippen molar-refractivity contribution in [2.45, 2.75) is 57.3 Å². The van der Waals surface area contributed by atoms with E-state index in [2.05, 4.69) is 46.2 Å². The van der Waals surface area contributed by atoms with Gasteiger partial charge in [0.15, 0.2) is 0 Å². The summed E-state index contributed by atoms with van der Waals surface area (Å²) in [4.78, 5) is 17.4. The quantitative estimate of drug-likeness (QED) is 0.414. The van der Waals surface area contributed by atoms with Crippen molar-refractivity contribution in [3.63, 3.8) is 0 Å². The van der Waals surface area contributed by atoms with Crippen LogP contribution >= 0.6 is 0 Å². The van der Waals surface area contributed by atoms with Gasteiger partial charge in [0.05, 0.1) is 5.41 Å². The van der Waals surface area contributed by atoms with Crippen LogP contribution in [0.5, 0.6) is 0 Å². The van der Waals surface area contributed by atoms with Crippen LogP contribution in [-0.4, -0.2) is 60.1 Å². The minimum Gasteiger partial charge on any atom is -0.481 e. The second-order valence-corrected chi connectivity index (χ2v) is 12.8. The van der Waals surface area contributed by atoms with E-state index in [-0.39, 0.29) is 11.7 Å². The molecule has 4 fully saturated rings. The number of fused-ring (bicyclic) bond motifs is 1. The summed E-state index contributed by atoms with van der Waals surface area (Å²) in [6, 6.07) is 18.0. The second kappa shape index (κ2) is 11.1. The largest absolute Gasteiger partial charge is 0.481 e. The molecule has 2 aromatic rings. The maximum atomic E-state index is 14.2. The number of carboxylic acid groups (broad SMARTS) is 1. The van der Waals surface area contributed by atoms with Crippen molar-refractivity contribution in [2.75, 3.05) is 39.3 Å². The summed E-state index contributed by atoms with van der Waals surface area (Å²) < 4.78 is 14.2. The number of aryl methyl sites for hydroxylation is 1. The molecule has 0 bridgehead atoms. The molecule has 2 aromatic carbocycles. The molecule has 2 saturated heterocycles. The third kappa shape index (κ3) is 5.56. The van der Waals surface area contributed by atoms with Crippen molar-refractivity contribution in [1.29, 1.82) is 0 Å². The molecule has 0 spiro atoms. The number of nitrogens with zero attached hydrogens (tertiary/aromatic N) is 2. The summed E-state index contributed by atoms with van der Waals surface area (Å²) >= 11 is 0. The molecule has 2 heterocycles. The molecule has 0 aromatic heterocycles. The Hall–Kier alpha value is -2.24. The van der Waals surface area contributed by atoms with Crippen molar-refractivity contribution in [3.05, 3.63) is 71.5 Å². The van der Waals surface area contributed by atoms with Crippen LogP contribution in [0.1, 0.15) is 62.0 Å². The maximum absolute atomic E-state index is 14.2. The predicted octanol–water partition coefficient (Wildman–Crippen LogP) is 6.08. The van der Waals surface area contributed by atoms with Crippen molar-refractivity contribution in [3.8, 4) is 0 Å². The van der Waals surface area contributed by atoms with Crippen LogP contribution in [0.3, 0.4) is 0 Å². The number of hydrogen-bond donors (Lipinski definition) is 1. The first kappa shape index (κ1) is 26.0. The number of piperidine rings is 1. The van der Waals surface area contributed by atoms with E-state index in [9.17, 15) is 14.3 Å². The first-order valence-electron chi connectivity index (χ1n) is 15.0. The third-order valence-electron chi connectivity index (χ3n) is 10.4. The van der Waals surface area contributed by atoms with Crippen LogP contribution < -0.4 is 0 Å². The Balaban J connectivity index is 1.06. The van der Waals surface area contributed by atoms with Crippen LogP contribution in [0.2, 0.25) is 0 Å². The lowest BCUT2D eigenvalue weighted by molar-refractivity contribution is -0.152. The number of halogens is 1. The number of hydrogen-bond acceptors (Lipinski definition) is 3. The standard InChI is InChI=1S/C33H43FN2O2/c34-27-13-8-12-25(17-27)29-20-36(23-33(32(37)38)15-5-2-6-16-33)19-26(29)18-35-21-30-28(31(30)22-35)14-7-11-24-9-3-1-4-10-24/h1,3-4,8-10,12-13,17,26,28-31H,2,5-7,11,14-16,18-23H2,(H,37,38)/t26-,28-,29+,30-,31+/m0/s1. The van der Waals surface area contributed by atoms with Gasteiger partial charge in [0.25, 0.3) is 0 Å². The summed E-state index contributed by atoms with van der Waals surface area (Å²) in [5.74, 6) is 2.49. The zero-order chi connectivity index (χ0) is 26.1. The van der Waals surface area contributed by atoms with Gasteiger partial charge in [-0.25, -0.2) is 4.39 Å².